The van der Waals surface area contributed by atoms with Crippen molar-refractivity contribution in [3.63, 3.8) is 0 Å². The lowest BCUT2D eigenvalue weighted by Crippen LogP contribution is -2.34. The highest BCUT2D eigenvalue weighted by atomic mass is 32.2. The summed E-state index contributed by atoms with van der Waals surface area (Å²) < 4.78 is 39.8. The lowest BCUT2D eigenvalue weighted by molar-refractivity contribution is 0.171. The zero-order valence-electron chi connectivity index (χ0n) is 13.3. The predicted octanol–water partition coefficient (Wildman–Crippen LogP) is 1.58. The number of hydrogen-bond acceptors (Lipinski definition) is 5. The summed E-state index contributed by atoms with van der Waals surface area (Å²) in [7, 11) is -1.87. The molecule has 1 aliphatic carbocycles. The molecule has 2 heterocycles. The minimum atomic E-state index is -3.52. The van der Waals surface area contributed by atoms with Crippen molar-refractivity contribution in [3.8, 4) is 5.88 Å². The largest absolute Gasteiger partial charge is 0.476 e. The van der Waals surface area contributed by atoms with Gasteiger partial charge in [-0.3, -0.25) is 0 Å². The third-order valence-electron chi connectivity index (χ3n) is 3.89. The molecule has 0 amide bonds. The summed E-state index contributed by atoms with van der Waals surface area (Å²) in [5, 5.41) is 0. The average Bonchev–Trinajstić information content (AvgIpc) is 3.08. The lowest BCUT2D eigenvalue weighted by Gasteiger charge is -2.12. The molecule has 0 radical (unpaired) electrons. The van der Waals surface area contributed by atoms with E-state index in [9.17, 15) is 8.42 Å². The minimum absolute atomic E-state index is 0.224. The number of pyridine rings is 1. The van der Waals surface area contributed by atoms with Gasteiger partial charge in [-0.25, -0.2) is 18.1 Å². The van der Waals surface area contributed by atoms with Crippen LogP contribution in [-0.2, 0) is 14.8 Å². The molecule has 1 saturated carbocycles. The SMILES string of the molecule is COCCCOc1ncn2cc(S(=O)(=O)NC3(C)CC3)ccc12. The lowest BCUT2D eigenvalue weighted by atomic mass is 10.4. The first-order chi connectivity index (χ1) is 10.9. The van der Waals surface area contributed by atoms with Crippen molar-refractivity contribution in [1.82, 2.24) is 14.1 Å². The van der Waals surface area contributed by atoms with Crippen LogP contribution in [0.15, 0.2) is 29.6 Å². The van der Waals surface area contributed by atoms with Gasteiger partial charge < -0.3 is 13.9 Å². The fourth-order valence-corrected chi connectivity index (χ4v) is 3.74. The first kappa shape index (κ1) is 16.2. The van der Waals surface area contributed by atoms with Gasteiger partial charge in [-0.05, 0) is 31.9 Å². The number of sulfonamides is 1. The van der Waals surface area contributed by atoms with Crippen LogP contribution in [0.1, 0.15) is 26.2 Å². The van der Waals surface area contributed by atoms with Crippen molar-refractivity contribution in [2.75, 3.05) is 20.3 Å². The molecule has 0 aliphatic heterocycles. The van der Waals surface area contributed by atoms with E-state index < -0.39 is 10.0 Å². The van der Waals surface area contributed by atoms with Gasteiger partial charge >= 0.3 is 0 Å². The summed E-state index contributed by atoms with van der Waals surface area (Å²) in [6.07, 6.45) is 5.62. The van der Waals surface area contributed by atoms with Crippen molar-refractivity contribution < 1.29 is 17.9 Å². The molecule has 2 aromatic rings. The fraction of sp³-hybridized carbons (Fsp3) is 0.533. The molecule has 126 valence electrons. The number of aromatic nitrogens is 2. The van der Waals surface area contributed by atoms with E-state index in [4.69, 9.17) is 9.47 Å². The van der Waals surface area contributed by atoms with Crippen LogP contribution >= 0.6 is 0 Å². The van der Waals surface area contributed by atoms with Gasteiger partial charge in [-0.2, -0.15) is 0 Å². The second-order valence-corrected chi connectivity index (χ2v) is 7.75. The van der Waals surface area contributed by atoms with Crippen molar-refractivity contribution in [3.05, 3.63) is 24.7 Å². The first-order valence-corrected chi connectivity index (χ1v) is 9.04. The van der Waals surface area contributed by atoms with Crippen LogP contribution < -0.4 is 9.46 Å². The van der Waals surface area contributed by atoms with E-state index in [1.165, 1.54) is 0 Å². The van der Waals surface area contributed by atoms with Crippen molar-refractivity contribution in [2.45, 2.75) is 36.6 Å². The molecule has 7 nitrogen and oxygen atoms in total. The molecule has 0 atom stereocenters. The molecule has 0 bridgehead atoms. The van der Waals surface area contributed by atoms with Gasteiger partial charge in [0, 0.05) is 31.9 Å². The highest BCUT2D eigenvalue weighted by molar-refractivity contribution is 7.89. The Hall–Kier alpha value is -1.64. The molecular weight excluding hydrogens is 318 g/mol. The van der Waals surface area contributed by atoms with Gasteiger partial charge in [-0.15, -0.1) is 0 Å². The summed E-state index contributed by atoms with van der Waals surface area (Å²) in [6.45, 7) is 3.03. The molecule has 2 aromatic heterocycles. The van der Waals surface area contributed by atoms with E-state index in [0.29, 0.717) is 19.1 Å². The van der Waals surface area contributed by atoms with Crippen LogP contribution in [0.3, 0.4) is 0 Å². The molecule has 23 heavy (non-hydrogen) atoms. The Morgan fingerprint density at radius 3 is 2.83 bits per heavy atom. The fourth-order valence-electron chi connectivity index (χ4n) is 2.27. The quantitative estimate of drug-likeness (QED) is 0.739. The van der Waals surface area contributed by atoms with Crippen molar-refractivity contribution >= 4 is 15.5 Å². The molecule has 0 saturated heterocycles. The summed E-state index contributed by atoms with van der Waals surface area (Å²) >= 11 is 0. The second-order valence-electron chi connectivity index (χ2n) is 6.07. The Balaban J connectivity index is 1.77. The van der Waals surface area contributed by atoms with Gasteiger partial charge in [0.1, 0.15) is 11.8 Å². The standard InChI is InChI=1S/C15H21N3O4S/c1-15(6-7-15)17-23(19,20)12-4-5-13-14(16-11-18(13)10-12)22-9-3-8-21-2/h4-5,10-11,17H,3,6-9H2,1-2H3. The third kappa shape index (κ3) is 3.65. The highest BCUT2D eigenvalue weighted by Crippen LogP contribution is 2.36. The Bertz CT molecular complexity index is 796. The number of hydrogen-bond donors (Lipinski definition) is 1. The second kappa shape index (κ2) is 6.10. The van der Waals surface area contributed by atoms with E-state index in [2.05, 4.69) is 9.71 Å². The Morgan fingerprint density at radius 1 is 1.35 bits per heavy atom. The van der Waals surface area contributed by atoms with Gasteiger partial charge in [0.2, 0.25) is 15.9 Å². The third-order valence-corrected chi connectivity index (χ3v) is 5.51. The van der Waals surface area contributed by atoms with Crippen molar-refractivity contribution in [2.24, 2.45) is 0 Å². The maximum atomic E-state index is 12.4. The van der Waals surface area contributed by atoms with E-state index >= 15 is 0 Å². The summed E-state index contributed by atoms with van der Waals surface area (Å²) in [4.78, 5) is 4.41. The first-order valence-electron chi connectivity index (χ1n) is 7.56. The molecule has 1 aliphatic rings. The molecule has 3 rings (SSSR count). The van der Waals surface area contributed by atoms with Crippen LogP contribution in [0.5, 0.6) is 5.88 Å². The highest BCUT2D eigenvalue weighted by Gasteiger charge is 2.41. The molecule has 0 spiro atoms. The number of methoxy groups -OCH3 is 1. The Kier molecular flexibility index (Phi) is 4.31. The van der Waals surface area contributed by atoms with Gasteiger partial charge in [0.25, 0.3) is 0 Å². The number of nitrogens with zero attached hydrogens (tertiary/aromatic N) is 2. The van der Waals surface area contributed by atoms with Crippen LogP contribution in [-0.4, -0.2) is 43.7 Å². The molecule has 1 N–H and O–H groups in total. The molecule has 0 aromatic carbocycles. The zero-order valence-corrected chi connectivity index (χ0v) is 14.1. The summed E-state index contributed by atoms with van der Waals surface area (Å²) in [5.41, 5.74) is 0.442. The minimum Gasteiger partial charge on any atom is -0.476 e. The van der Waals surface area contributed by atoms with Gasteiger partial charge in [0.05, 0.1) is 11.5 Å². The number of rotatable bonds is 8. The molecule has 8 heteroatoms. The Labute approximate surface area is 135 Å². The van der Waals surface area contributed by atoms with Crippen LogP contribution in [0, 0.1) is 0 Å². The van der Waals surface area contributed by atoms with E-state index in [1.54, 1.807) is 36.2 Å². The van der Waals surface area contributed by atoms with E-state index in [1.807, 2.05) is 6.92 Å². The average molecular weight is 339 g/mol. The topological polar surface area (TPSA) is 81.9 Å². The van der Waals surface area contributed by atoms with Gasteiger partial charge in [0.15, 0.2) is 0 Å². The summed E-state index contributed by atoms with van der Waals surface area (Å²) in [5.74, 6) is 0.493. The number of nitrogens with one attached hydrogen (secondary N) is 1. The Morgan fingerprint density at radius 2 is 2.13 bits per heavy atom. The van der Waals surface area contributed by atoms with E-state index in [-0.39, 0.29) is 10.4 Å². The molecule has 0 unspecified atom stereocenters. The predicted molar refractivity (Wildman–Crippen MR) is 85.1 cm³/mol. The maximum absolute atomic E-state index is 12.4. The number of ether oxygens (including phenoxy) is 2. The smallest absolute Gasteiger partial charge is 0.242 e. The zero-order chi connectivity index (χ0) is 16.5. The van der Waals surface area contributed by atoms with Crippen LogP contribution in [0.25, 0.3) is 5.52 Å². The number of fused-ring (bicyclic) bond motifs is 1. The number of imidazole rings is 1. The maximum Gasteiger partial charge on any atom is 0.242 e. The van der Waals surface area contributed by atoms with Crippen molar-refractivity contribution in [1.29, 1.82) is 0 Å². The van der Waals surface area contributed by atoms with E-state index in [0.717, 1.165) is 24.8 Å². The monoisotopic (exact) mass is 339 g/mol. The molecule has 1 fully saturated rings. The van der Waals surface area contributed by atoms with Gasteiger partial charge in [-0.1, -0.05) is 0 Å². The van der Waals surface area contributed by atoms with Crippen LogP contribution in [0.2, 0.25) is 0 Å². The summed E-state index contributed by atoms with van der Waals surface area (Å²) in [6, 6.07) is 3.29. The normalized spacial score (nSPS) is 16.6. The molecular formula is C15H21N3O4S. The van der Waals surface area contributed by atoms with Crippen LogP contribution in [0.4, 0.5) is 0 Å².